The first-order chi connectivity index (χ1) is 6.85. The number of hydrogen-bond acceptors (Lipinski definition) is 3. The minimum atomic E-state index is -0.395. The average Bonchev–Trinajstić information content (AvgIpc) is 2.09. The van der Waals surface area contributed by atoms with Crippen molar-refractivity contribution in [3.8, 4) is 0 Å². The van der Waals surface area contributed by atoms with E-state index >= 15 is 0 Å². The van der Waals surface area contributed by atoms with Gasteiger partial charge in [-0.2, -0.15) is 0 Å². The van der Waals surface area contributed by atoms with Gasteiger partial charge in [-0.1, -0.05) is 6.92 Å². The molecule has 1 amide bonds. The molecule has 0 spiro atoms. The van der Waals surface area contributed by atoms with Crippen LogP contribution in [0.25, 0.3) is 0 Å². The second kappa shape index (κ2) is 6.67. The fourth-order valence-electron chi connectivity index (χ4n) is 1.03. The molecule has 0 radical (unpaired) electrons. The van der Waals surface area contributed by atoms with Gasteiger partial charge >= 0.3 is 6.09 Å². The quantitative estimate of drug-likeness (QED) is 0.693. The second-order valence-corrected chi connectivity index (χ2v) is 4.72. The molecule has 0 aliphatic rings. The average molecular weight is 217 g/mol. The van der Waals surface area contributed by atoms with Gasteiger partial charge in [0.05, 0.1) is 12.7 Å². The van der Waals surface area contributed by atoms with E-state index < -0.39 is 6.09 Å². The maximum Gasteiger partial charge on any atom is 0.407 e. The number of aliphatic hydroxyl groups excluding tert-OH is 1. The Morgan fingerprint density at radius 3 is 2.53 bits per heavy atom. The number of rotatable bonds is 5. The summed E-state index contributed by atoms with van der Waals surface area (Å²) in [7, 11) is 0. The van der Waals surface area contributed by atoms with Crippen molar-refractivity contribution in [2.24, 2.45) is 0 Å². The first-order valence-electron chi connectivity index (χ1n) is 5.48. The van der Waals surface area contributed by atoms with Crippen molar-refractivity contribution in [2.45, 2.75) is 58.6 Å². The highest BCUT2D eigenvalue weighted by molar-refractivity contribution is 5.67. The lowest BCUT2D eigenvalue weighted by Crippen LogP contribution is -2.41. The molecule has 0 aromatic rings. The van der Waals surface area contributed by atoms with Gasteiger partial charge in [-0.15, -0.1) is 0 Å². The van der Waals surface area contributed by atoms with Crippen LogP contribution in [-0.2, 0) is 4.74 Å². The normalized spacial score (nSPS) is 13.4. The molecule has 2 N–H and O–H groups in total. The Balaban J connectivity index is 3.48. The van der Waals surface area contributed by atoms with Gasteiger partial charge in [0.1, 0.15) is 0 Å². The molecular weight excluding hydrogens is 194 g/mol. The zero-order valence-electron chi connectivity index (χ0n) is 10.2. The van der Waals surface area contributed by atoms with Crippen molar-refractivity contribution in [3.05, 3.63) is 0 Å². The second-order valence-electron chi connectivity index (χ2n) is 4.72. The van der Waals surface area contributed by atoms with E-state index in [0.29, 0.717) is 19.4 Å². The molecule has 0 rings (SSSR count). The summed E-state index contributed by atoms with van der Waals surface area (Å²) >= 11 is 0. The fraction of sp³-hybridized carbons (Fsp3) is 0.909. The van der Waals surface area contributed by atoms with Crippen LogP contribution < -0.4 is 5.32 Å². The van der Waals surface area contributed by atoms with Gasteiger partial charge in [-0.25, -0.2) is 4.79 Å². The van der Waals surface area contributed by atoms with E-state index in [-0.39, 0.29) is 11.6 Å². The van der Waals surface area contributed by atoms with Gasteiger partial charge in [0.15, 0.2) is 0 Å². The lowest BCUT2D eigenvalue weighted by molar-refractivity contribution is 0.118. The van der Waals surface area contributed by atoms with E-state index in [4.69, 9.17) is 4.74 Å². The Kier molecular flexibility index (Phi) is 6.32. The summed E-state index contributed by atoms with van der Waals surface area (Å²) in [5.74, 6) is 0. The van der Waals surface area contributed by atoms with Crippen LogP contribution in [0.1, 0.15) is 47.0 Å². The van der Waals surface area contributed by atoms with Gasteiger partial charge in [0.25, 0.3) is 0 Å². The highest BCUT2D eigenvalue weighted by atomic mass is 16.5. The summed E-state index contributed by atoms with van der Waals surface area (Å²) in [6.45, 7) is 7.98. The zero-order chi connectivity index (χ0) is 11.9. The van der Waals surface area contributed by atoms with E-state index in [0.717, 1.165) is 6.42 Å². The monoisotopic (exact) mass is 217 g/mol. The van der Waals surface area contributed by atoms with Gasteiger partial charge in [0.2, 0.25) is 0 Å². The minimum Gasteiger partial charge on any atom is -0.450 e. The predicted molar refractivity (Wildman–Crippen MR) is 59.8 cm³/mol. The number of alkyl carbamates (subject to hydrolysis) is 1. The maximum atomic E-state index is 11.2. The smallest absolute Gasteiger partial charge is 0.407 e. The molecule has 0 bridgehead atoms. The van der Waals surface area contributed by atoms with Crippen LogP contribution in [0.15, 0.2) is 0 Å². The Hall–Kier alpha value is -0.770. The Bertz CT molecular complexity index is 187. The summed E-state index contributed by atoms with van der Waals surface area (Å²) in [5, 5.41) is 12.0. The Labute approximate surface area is 92.0 Å². The summed E-state index contributed by atoms with van der Waals surface area (Å²) in [4.78, 5) is 11.2. The highest BCUT2D eigenvalue weighted by Gasteiger charge is 2.14. The van der Waals surface area contributed by atoms with Crippen LogP contribution in [-0.4, -0.2) is 29.4 Å². The molecule has 0 aliphatic heterocycles. The third-order valence-electron chi connectivity index (χ3n) is 1.86. The van der Waals surface area contributed by atoms with Gasteiger partial charge < -0.3 is 15.2 Å². The molecule has 4 heteroatoms. The van der Waals surface area contributed by atoms with E-state index in [1.165, 1.54) is 0 Å². The van der Waals surface area contributed by atoms with Crippen molar-refractivity contribution >= 4 is 6.09 Å². The molecule has 0 fully saturated rings. The van der Waals surface area contributed by atoms with Crippen molar-refractivity contribution in [2.75, 3.05) is 6.61 Å². The number of carbonyl (C=O) groups is 1. The standard InChI is InChI=1S/C11H23NO3/c1-5-9(13)7-6-8-15-10(14)12-11(2,3)4/h9,13H,5-8H2,1-4H3,(H,12,14). The lowest BCUT2D eigenvalue weighted by Gasteiger charge is -2.20. The molecule has 1 atom stereocenters. The van der Waals surface area contributed by atoms with Crippen molar-refractivity contribution in [1.82, 2.24) is 5.32 Å². The summed E-state index contributed by atoms with van der Waals surface area (Å²) < 4.78 is 4.95. The van der Waals surface area contributed by atoms with Crippen molar-refractivity contribution in [3.63, 3.8) is 0 Å². The molecule has 0 aliphatic carbocycles. The number of aliphatic hydroxyl groups is 1. The highest BCUT2D eigenvalue weighted by Crippen LogP contribution is 2.02. The van der Waals surface area contributed by atoms with E-state index in [1.807, 2.05) is 27.7 Å². The fourth-order valence-corrected chi connectivity index (χ4v) is 1.03. The molecule has 90 valence electrons. The first kappa shape index (κ1) is 14.2. The molecule has 0 heterocycles. The van der Waals surface area contributed by atoms with Crippen LogP contribution in [0.2, 0.25) is 0 Å². The van der Waals surface area contributed by atoms with Crippen LogP contribution in [0.5, 0.6) is 0 Å². The summed E-state index contributed by atoms with van der Waals surface area (Å²) in [6.07, 6.45) is 1.45. The van der Waals surface area contributed by atoms with Gasteiger partial charge in [0, 0.05) is 5.54 Å². The Morgan fingerprint density at radius 1 is 1.47 bits per heavy atom. The topological polar surface area (TPSA) is 58.6 Å². The van der Waals surface area contributed by atoms with Crippen molar-refractivity contribution < 1.29 is 14.6 Å². The molecule has 0 aromatic carbocycles. The summed E-state index contributed by atoms with van der Waals surface area (Å²) in [5.41, 5.74) is -0.264. The third-order valence-corrected chi connectivity index (χ3v) is 1.86. The molecule has 0 saturated carbocycles. The number of hydrogen-bond donors (Lipinski definition) is 2. The van der Waals surface area contributed by atoms with E-state index in [1.54, 1.807) is 0 Å². The molecule has 4 nitrogen and oxygen atoms in total. The van der Waals surface area contributed by atoms with Crippen LogP contribution >= 0.6 is 0 Å². The predicted octanol–water partition coefficient (Wildman–Crippen LogP) is 2.06. The van der Waals surface area contributed by atoms with Gasteiger partial charge in [-0.05, 0) is 40.0 Å². The third kappa shape index (κ3) is 9.53. The van der Waals surface area contributed by atoms with Crippen molar-refractivity contribution in [1.29, 1.82) is 0 Å². The van der Waals surface area contributed by atoms with Crippen LogP contribution in [0.3, 0.4) is 0 Å². The minimum absolute atomic E-state index is 0.264. The van der Waals surface area contributed by atoms with E-state index in [9.17, 15) is 9.90 Å². The summed E-state index contributed by atoms with van der Waals surface area (Å²) in [6, 6.07) is 0. The molecule has 15 heavy (non-hydrogen) atoms. The Morgan fingerprint density at radius 2 is 2.07 bits per heavy atom. The number of carbonyl (C=O) groups excluding carboxylic acids is 1. The first-order valence-corrected chi connectivity index (χ1v) is 5.48. The molecular formula is C11H23NO3. The SMILES string of the molecule is CCC(O)CCCOC(=O)NC(C)(C)C. The molecule has 0 aromatic heterocycles. The zero-order valence-corrected chi connectivity index (χ0v) is 10.2. The maximum absolute atomic E-state index is 11.2. The van der Waals surface area contributed by atoms with E-state index in [2.05, 4.69) is 5.32 Å². The molecule has 1 unspecified atom stereocenters. The molecule has 0 saturated heterocycles. The number of amides is 1. The number of ether oxygens (including phenoxy) is 1. The van der Waals surface area contributed by atoms with Crippen LogP contribution in [0, 0.1) is 0 Å². The number of nitrogens with one attached hydrogen (secondary N) is 1. The van der Waals surface area contributed by atoms with Gasteiger partial charge in [-0.3, -0.25) is 0 Å². The van der Waals surface area contributed by atoms with Crippen LogP contribution in [0.4, 0.5) is 4.79 Å². The lowest BCUT2D eigenvalue weighted by atomic mass is 10.1. The largest absolute Gasteiger partial charge is 0.450 e.